The van der Waals surface area contributed by atoms with Gasteiger partial charge in [-0.05, 0) is 36.6 Å². The fraction of sp³-hybridized carbons (Fsp3) is 0.550. The Bertz CT molecular complexity index is 710. The lowest BCUT2D eigenvalue weighted by Crippen LogP contribution is -2.49. The van der Waals surface area contributed by atoms with Crippen LogP contribution in [0.5, 0.6) is 0 Å². The molecule has 0 bridgehead atoms. The average molecular weight is 405 g/mol. The van der Waals surface area contributed by atoms with E-state index in [1.165, 1.54) is 11.9 Å². The van der Waals surface area contributed by atoms with Crippen molar-refractivity contribution in [3.63, 3.8) is 0 Å². The largest absolute Gasteiger partial charge is 0.343 e. The van der Waals surface area contributed by atoms with E-state index in [2.05, 4.69) is 15.4 Å². The number of hydrogen-bond acceptors (Lipinski definition) is 5. The maximum absolute atomic E-state index is 13.1. The Morgan fingerprint density at radius 1 is 1.29 bits per heavy atom. The standard InChI is InChI=1S/C20H28N4O3S/c1-28-22-11-19(26)23-18(10-14-6-7-14)20(27)24-9-8-15(12-24)16-4-2-3-5-17(16)21-13-25/h2-5,13-15,18,22H,6-12H2,1H3,(H,21,25)(H,23,26). The molecule has 28 heavy (non-hydrogen) atoms. The van der Waals surface area contributed by atoms with E-state index in [-0.39, 0.29) is 24.3 Å². The van der Waals surface area contributed by atoms with Gasteiger partial charge in [-0.2, -0.15) is 0 Å². The molecular formula is C20H28N4O3S. The van der Waals surface area contributed by atoms with Gasteiger partial charge in [-0.15, -0.1) is 0 Å². The Balaban J connectivity index is 1.63. The molecule has 1 saturated carbocycles. The lowest BCUT2D eigenvalue weighted by atomic mass is 9.96. The maximum atomic E-state index is 13.1. The van der Waals surface area contributed by atoms with Gasteiger partial charge in [0.2, 0.25) is 18.2 Å². The predicted molar refractivity (Wildman–Crippen MR) is 111 cm³/mol. The second-order valence-electron chi connectivity index (χ2n) is 7.44. The third kappa shape index (κ3) is 5.48. The zero-order valence-corrected chi connectivity index (χ0v) is 17.0. The minimum absolute atomic E-state index is 0.00716. The number of para-hydroxylation sites is 1. The van der Waals surface area contributed by atoms with Crippen LogP contribution in [0, 0.1) is 5.92 Å². The number of rotatable bonds is 10. The number of carbonyl (C=O) groups excluding carboxylic acids is 3. The summed E-state index contributed by atoms with van der Waals surface area (Å²) in [5, 5.41) is 5.67. The zero-order chi connectivity index (χ0) is 19.9. The Labute approximate surface area is 170 Å². The molecule has 1 aromatic rings. The SMILES string of the molecule is CSNCC(=O)NC(CC1CC1)C(=O)N1CCC(c2ccccc2NC=O)C1. The molecule has 1 aliphatic heterocycles. The van der Waals surface area contributed by atoms with E-state index in [1.54, 1.807) is 0 Å². The van der Waals surface area contributed by atoms with Crippen LogP contribution in [0.25, 0.3) is 0 Å². The minimum atomic E-state index is -0.453. The van der Waals surface area contributed by atoms with E-state index < -0.39 is 6.04 Å². The quantitative estimate of drug-likeness (QED) is 0.408. The molecule has 3 rings (SSSR count). The summed E-state index contributed by atoms with van der Waals surface area (Å²) in [7, 11) is 0. The molecule has 3 amide bonds. The van der Waals surface area contributed by atoms with E-state index >= 15 is 0 Å². The fourth-order valence-corrected chi connectivity index (χ4v) is 4.05. The normalized spacial score (nSPS) is 19.9. The van der Waals surface area contributed by atoms with E-state index in [0.717, 1.165) is 30.5 Å². The Morgan fingerprint density at radius 2 is 2.07 bits per heavy atom. The summed E-state index contributed by atoms with van der Waals surface area (Å²) < 4.78 is 2.92. The van der Waals surface area contributed by atoms with E-state index in [4.69, 9.17) is 0 Å². The molecule has 2 fully saturated rings. The minimum Gasteiger partial charge on any atom is -0.343 e. The summed E-state index contributed by atoms with van der Waals surface area (Å²) in [4.78, 5) is 38.0. The lowest BCUT2D eigenvalue weighted by molar-refractivity contribution is -0.135. The van der Waals surface area contributed by atoms with Crippen LogP contribution in [-0.4, -0.2) is 55.1 Å². The van der Waals surface area contributed by atoms with Gasteiger partial charge in [-0.3, -0.25) is 19.1 Å². The van der Waals surface area contributed by atoms with Gasteiger partial charge in [0.1, 0.15) is 6.04 Å². The topological polar surface area (TPSA) is 90.5 Å². The summed E-state index contributed by atoms with van der Waals surface area (Å²) in [6.45, 7) is 1.47. The third-order valence-corrected chi connectivity index (χ3v) is 5.82. The van der Waals surface area contributed by atoms with Crippen molar-refractivity contribution in [1.29, 1.82) is 0 Å². The number of hydrogen-bond donors (Lipinski definition) is 3. The van der Waals surface area contributed by atoms with Crippen molar-refractivity contribution in [2.24, 2.45) is 5.92 Å². The Morgan fingerprint density at radius 3 is 2.79 bits per heavy atom. The first-order valence-electron chi connectivity index (χ1n) is 9.75. The van der Waals surface area contributed by atoms with Crippen molar-refractivity contribution in [3.05, 3.63) is 29.8 Å². The van der Waals surface area contributed by atoms with Crippen LogP contribution in [0.3, 0.4) is 0 Å². The van der Waals surface area contributed by atoms with Crippen molar-refractivity contribution in [1.82, 2.24) is 14.9 Å². The van der Waals surface area contributed by atoms with Crippen LogP contribution in [0.1, 0.15) is 37.2 Å². The van der Waals surface area contributed by atoms with Crippen LogP contribution in [-0.2, 0) is 14.4 Å². The molecule has 152 valence electrons. The molecule has 0 spiro atoms. The molecule has 3 N–H and O–H groups in total. The smallest absolute Gasteiger partial charge is 0.245 e. The van der Waals surface area contributed by atoms with Gasteiger partial charge in [0.25, 0.3) is 0 Å². The summed E-state index contributed by atoms with van der Waals surface area (Å²) in [5.41, 5.74) is 1.85. The molecule has 0 radical (unpaired) electrons. The molecule has 1 aliphatic carbocycles. The van der Waals surface area contributed by atoms with E-state index in [0.29, 0.717) is 31.8 Å². The monoisotopic (exact) mass is 404 g/mol. The van der Waals surface area contributed by atoms with E-state index in [9.17, 15) is 14.4 Å². The van der Waals surface area contributed by atoms with Crippen molar-refractivity contribution >= 4 is 35.9 Å². The molecule has 1 heterocycles. The van der Waals surface area contributed by atoms with Crippen molar-refractivity contribution in [2.45, 2.75) is 37.6 Å². The summed E-state index contributed by atoms with van der Waals surface area (Å²) in [6.07, 6.45) is 6.38. The van der Waals surface area contributed by atoms with E-state index in [1.807, 2.05) is 35.4 Å². The van der Waals surface area contributed by atoms with Crippen LogP contribution in [0.4, 0.5) is 5.69 Å². The summed E-state index contributed by atoms with van der Waals surface area (Å²) >= 11 is 1.38. The van der Waals surface area contributed by atoms with Crippen LogP contribution >= 0.6 is 11.9 Å². The first-order chi connectivity index (χ1) is 13.6. The van der Waals surface area contributed by atoms with Crippen LogP contribution in [0.15, 0.2) is 24.3 Å². The van der Waals surface area contributed by atoms with Gasteiger partial charge < -0.3 is 15.5 Å². The van der Waals surface area contributed by atoms with Gasteiger partial charge in [0.15, 0.2) is 0 Å². The van der Waals surface area contributed by atoms with Crippen LogP contribution < -0.4 is 15.4 Å². The Kier molecular flexibility index (Phi) is 7.33. The first-order valence-corrected chi connectivity index (χ1v) is 11.0. The number of nitrogens with one attached hydrogen (secondary N) is 3. The van der Waals surface area contributed by atoms with Crippen molar-refractivity contribution in [2.75, 3.05) is 31.2 Å². The van der Waals surface area contributed by atoms with Gasteiger partial charge in [-0.1, -0.05) is 43.0 Å². The number of anilines is 1. The molecule has 2 aliphatic rings. The molecular weight excluding hydrogens is 376 g/mol. The first kappa shape index (κ1) is 20.7. The zero-order valence-electron chi connectivity index (χ0n) is 16.1. The fourth-order valence-electron chi connectivity index (χ4n) is 3.77. The molecule has 0 aromatic heterocycles. The molecule has 7 nitrogen and oxygen atoms in total. The second kappa shape index (κ2) is 9.93. The van der Waals surface area contributed by atoms with Gasteiger partial charge >= 0.3 is 0 Å². The number of nitrogens with zero attached hydrogens (tertiary/aromatic N) is 1. The highest BCUT2D eigenvalue weighted by atomic mass is 32.2. The molecule has 2 atom stereocenters. The Hall–Kier alpha value is -2.06. The third-order valence-electron chi connectivity index (χ3n) is 5.39. The predicted octanol–water partition coefficient (Wildman–Crippen LogP) is 1.72. The number of amides is 3. The number of benzene rings is 1. The lowest BCUT2D eigenvalue weighted by Gasteiger charge is -2.25. The second-order valence-corrected chi connectivity index (χ2v) is 8.14. The van der Waals surface area contributed by atoms with Crippen molar-refractivity contribution in [3.8, 4) is 0 Å². The van der Waals surface area contributed by atoms with Crippen molar-refractivity contribution < 1.29 is 14.4 Å². The van der Waals surface area contributed by atoms with Crippen LogP contribution in [0.2, 0.25) is 0 Å². The number of likely N-dealkylation sites (tertiary alicyclic amines) is 1. The number of carbonyl (C=O) groups is 3. The summed E-state index contributed by atoms with van der Waals surface area (Å²) in [6, 6.07) is 7.26. The highest BCUT2D eigenvalue weighted by Gasteiger charge is 2.36. The summed E-state index contributed by atoms with van der Waals surface area (Å²) in [5.74, 6) is 0.582. The molecule has 1 aromatic carbocycles. The molecule has 8 heteroatoms. The molecule has 1 saturated heterocycles. The van der Waals surface area contributed by atoms with Gasteiger partial charge in [0.05, 0.1) is 6.54 Å². The van der Waals surface area contributed by atoms with Gasteiger partial charge in [-0.25, -0.2) is 0 Å². The molecule has 2 unspecified atom stereocenters. The highest BCUT2D eigenvalue weighted by Crippen LogP contribution is 2.35. The maximum Gasteiger partial charge on any atom is 0.245 e. The highest BCUT2D eigenvalue weighted by molar-refractivity contribution is 7.96. The average Bonchev–Trinajstić information content (AvgIpc) is 3.38. The van der Waals surface area contributed by atoms with Gasteiger partial charge in [0, 0.05) is 24.7 Å².